The molecule has 1 N–H and O–H groups in total. The Morgan fingerprint density at radius 2 is 2.04 bits per heavy atom. The highest BCUT2D eigenvalue weighted by Gasteiger charge is 2.26. The number of nitrogens with one attached hydrogen (secondary N) is 1. The highest BCUT2D eigenvalue weighted by Crippen LogP contribution is 2.30. The van der Waals surface area contributed by atoms with Crippen LogP contribution in [0.5, 0.6) is 5.75 Å². The summed E-state index contributed by atoms with van der Waals surface area (Å²) in [6, 6.07) is 12.3. The molecule has 26 heavy (non-hydrogen) atoms. The summed E-state index contributed by atoms with van der Waals surface area (Å²) >= 11 is 6.03. The summed E-state index contributed by atoms with van der Waals surface area (Å²) in [5, 5.41) is 14.3. The van der Waals surface area contributed by atoms with E-state index in [1.165, 1.54) is 18.2 Å². The summed E-state index contributed by atoms with van der Waals surface area (Å²) in [4.78, 5) is 12.3. The highest BCUT2D eigenvalue weighted by molar-refractivity contribution is 6.32. The number of nitro benzene ring substituents is 1. The molecule has 1 fully saturated rings. The van der Waals surface area contributed by atoms with Gasteiger partial charge in [0, 0.05) is 38.5 Å². The van der Waals surface area contributed by atoms with Gasteiger partial charge in [0.25, 0.3) is 5.69 Å². The van der Waals surface area contributed by atoms with Crippen molar-refractivity contribution in [1.29, 1.82) is 0 Å². The quantitative estimate of drug-likeness (QED) is 0.614. The maximum atomic E-state index is 10.7. The van der Waals surface area contributed by atoms with Crippen LogP contribution in [-0.4, -0.2) is 38.3 Å². The summed E-state index contributed by atoms with van der Waals surface area (Å²) in [6.07, 6.45) is -0.327. The van der Waals surface area contributed by atoms with Crippen LogP contribution in [0.15, 0.2) is 42.5 Å². The lowest BCUT2D eigenvalue weighted by Crippen LogP contribution is -2.22. The third kappa shape index (κ3) is 4.24. The molecule has 138 valence electrons. The molecule has 0 radical (unpaired) electrons. The molecule has 2 atom stereocenters. The van der Waals surface area contributed by atoms with Gasteiger partial charge in [-0.3, -0.25) is 15.4 Å². The van der Waals surface area contributed by atoms with E-state index < -0.39 is 4.92 Å². The van der Waals surface area contributed by atoms with Gasteiger partial charge in [-0.2, -0.15) is 0 Å². The number of non-ortho nitro benzene ring substituents is 1. The summed E-state index contributed by atoms with van der Waals surface area (Å²) in [7, 11) is 3.99. The maximum absolute atomic E-state index is 10.7. The van der Waals surface area contributed by atoms with E-state index in [0.717, 1.165) is 11.3 Å². The van der Waals surface area contributed by atoms with Crippen LogP contribution in [0.1, 0.15) is 11.8 Å². The Morgan fingerprint density at radius 1 is 1.31 bits per heavy atom. The summed E-state index contributed by atoms with van der Waals surface area (Å²) < 4.78 is 11.6. The number of nitro groups is 1. The second kappa shape index (κ2) is 7.90. The number of halogens is 1. The second-order valence-electron chi connectivity index (χ2n) is 6.22. The number of hydrogen-bond donors (Lipinski definition) is 1. The molecular weight excluding hydrogens is 358 g/mol. The Balaban J connectivity index is 1.55. The zero-order chi connectivity index (χ0) is 18.7. The first-order valence-electron chi connectivity index (χ1n) is 8.17. The van der Waals surface area contributed by atoms with E-state index >= 15 is 0 Å². The van der Waals surface area contributed by atoms with Crippen molar-refractivity contribution < 1.29 is 14.4 Å². The van der Waals surface area contributed by atoms with Crippen LogP contribution >= 0.6 is 11.6 Å². The fourth-order valence-electron chi connectivity index (χ4n) is 2.67. The average molecular weight is 378 g/mol. The van der Waals surface area contributed by atoms with Crippen molar-refractivity contribution in [3.05, 3.63) is 63.2 Å². The Kier molecular flexibility index (Phi) is 5.61. The smallest absolute Gasteiger partial charge is 0.271 e. The zero-order valence-electron chi connectivity index (χ0n) is 14.5. The van der Waals surface area contributed by atoms with Crippen molar-refractivity contribution in [3.8, 4) is 5.75 Å². The lowest BCUT2D eigenvalue weighted by Gasteiger charge is -2.16. The third-order valence-corrected chi connectivity index (χ3v) is 4.42. The number of benzene rings is 2. The fourth-order valence-corrected chi connectivity index (χ4v) is 2.90. The first-order valence-corrected chi connectivity index (χ1v) is 8.54. The first kappa shape index (κ1) is 18.4. The predicted molar refractivity (Wildman–Crippen MR) is 100.0 cm³/mol. The van der Waals surface area contributed by atoms with E-state index in [-0.39, 0.29) is 23.0 Å². The van der Waals surface area contributed by atoms with Gasteiger partial charge in [-0.1, -0.05) is 23.7 Å². The van der Waals surface area contributed by atoms with Crippen LogP contribution in [0.25, 0.3) is 0 Å². The summed E-state index contributed by atoms with van der Waals surface area (Å²) in [6.45, 7) is 0.946. The van der Waals surface area contributed by atoms with Crippen LogP contribution in [0.3, 0.4) is 0 Å². The molecule has 1 saturated heterocycles. The van der Waals surface area contributed by atoms with E-state index in [1.807, 2.05) is 43.3 Å². The maximum Gasteiger partial charge on any atom is 0.271 e. The lowest BCUT2D eigenvalue weighted by molar-refractivity contribution is -0.384. The standard InChI is InChI=1S/C18H20ClN3O4/c1-21(2)13-5-3-12(4-6-13)18-20-10-15(26-18)11-25-17-8-7-14(22(23)24)9-16(17)19/h3-9,15,18,20H,10-11H2,1-2H3/t15-,18-/m0/s1. The molecule has 0 bridgehead atoms. The Labute approximate surface area is 156 Å². The fraction of sp³-hybridized carbons (Fsp3) is 0.333. The van der Waals surface area contributed by atoms with Gasteiger partial charge in [-0.05, 0) is 23.8 Å². The van der Waals surface area contributed by atoms with Gasteiger partial charge in [0.1, 0.15) is 24.7 Å². The molecule has 0 aliphatic carbocycles. The van der Waals surface area contributed by atoms with Gasteiger partial charge in [0.15, 0.2) is 0 Å². The average Bonchev–Trinajstić information content (AvgIpc) is 3.09. The number of hydrogen-bond acceptors (Lipinski definition) is 6. The van der Waals surface area contributed by atoms with Crippen molar-refractivity contribution in [2.75, 3.05) is 32.1 Å². The highest BCUT2D eigenvalue weighted by atomic mass is 35.5. The minimum absolute atomic E-state index is 0.0673. The van der Waals surface area contributed by atoms with E-state index in [1.54, 1.807) is 0 Å². The van der Waals surface area contributed by atoms with Crippen molar-refractivity contribution in [2.24, 2.45) is 0 Å². The molecule has 2 aromatic carbocycles. The van der Waals surface area contributed by atoms with Gasteiger partial charge >= 0.3 is 0 Å². The molecule has 8 heteroatoms. The van der Waals surface area contributed by atoms with E-state index in [2.05, 4.69) is 5.32 Å². The van der Waals surface area contributed by atoms with Gasteiger partial charge in [-0.15, -0.1) is 0 Å². The molecule has 1 aliphatic rings. The molecule has 1 aliphatic heterocycles. The molecule has 7 nitrogen and oxygen atoms in total. The summed E-state index contributed by atoms with van der Waals surface area (Å²) in [5.41, 5.74) is 2.10. The molecule has 0 unspecified atom stereocenters. The molecule has 0 spiro atoms. The van der Waals surface area contributed by atoms with Crippen LogP contribution in [0, 0.1) is 10.1 Å². The van der Waals surface area contributed by atoms with E-state index in [0.29, 0.717) is 18.9 Å². The minimum Gasteiger partial charge on any atom is -0.489 e. The number of anilines is 1. The van der Waals surface area contributed by atoms with Gasteiger partial charge in [0.2, 0.25) is 0 Å². The second-order valence-corrected chi connectivity index (χ2v) is 6.62. The monoisotopic (exact) mass is 377 g/mol. The molecule has 2 aromatic rings. The Bertz CT molecular complexity index is 783. The molecule has 3 rings (SSSR count). The zero-order valence-corrected chi connectivity index (χ0v) is 15.3. The minimum atomic E-state index is -0.494. The van der Waals surface area contributed by atoms with Crippen LogP contribution in [0.2, 0.25) is 5.02 Å². The van der Waals surface area contributed by atoms with Crippen molar-refractivity contribution in [1.82, 2.24) is 5.32 Å². The van der Waals surface area contributed by atoms with Crippen LogP contribution < -0.4 is 15.0 Å². The van der Waals surface area contributed by atoms with Crippen LogP contribution in [-0.2, 0) is 4.74 Å². The SMILES string of the molecule is CN(C)c1ccc([C@H]2NC[C@@H](COc3ccc([N+](=O)[O-])cc3Cl)O2)cc1. The third-order valence-electron chi connectivity index (χ3n) is 4.12. The molecule has 0 amide bonds. The topological polar surface area (TPSA) is 76.9 Å². The van der Waals surface area contributed by atoms with E-state index in [9.17, 15) is 10.1 Å². The van der Waals surface area contributed by atoms with Crippen molar-refractivity contribution in [2.45, 2.75) is 12.3 Å². The van der Waals surface area contributed by atoms with Gasteiger partial charge < -0.3 is 14.4 Å². The molecular formula is C18H20ClN3O4. The molecule has 0 aromatic heterocycles. The number of rotatable bonds is 6. The Hall–Kier alpha value is -2.35. The Morgan fingerprint density at radius 3 is 2.65 bits per heavy atom. The van der Waals surface area contributed by atoms with E-state index in [4.69, 9.17) is 21.1 Å². The molecule has 0 saturated carbocycles. The molecule has 1 heterocycles. The van der Waals surface area contributed by atoms with Gasteiger partial charge in [-0.25, -0.2) is 0 Å². The van der Waals surface area contributed by atoms with Crippen LogP contribution in [0.4, 0.5) is 11.4 Å². The first-order chi connectivity index (χ1) is 12.4. The number of ether oxygens (including phenoxy) is 2. The number of nitrogens with zero attached hydrogens (tertiary/aromatic N) is 2. The normalized spacial score (nSPS) is 19.3. The predicted octanol–water partition coefficient (Wildman–Crippen LogP) is 3.38. The summed E-state index contributed by atoms with van der Waals surface area (Å²) in [5.74, 6) is 0.402. The van der Waals surface area contributed by atoms with Gasteiger partial charge in [0.05, 0.1) is 9.95 Å². The lowest BCUT2D eigenvalue weighted by atomic mass is 10.2. The van der Waals surface area contributed by atoms with Crippen molar-refractivity contribution >= 4 is 23.0 Å². The largest absolute Gasteiger partial charge is 0.489 e. The van der Waals surface area contributed by atoms with Crippen molar-refractivity contribution in [3.63, 3.8) is 0 Å².